The molecule has 0 bridgehead atoms. The van der Waals surface area contributed by atoms with Crippen molar-refractivity contribution < 1.29 is 9.84 Å². The first-order valence-corrected chi connectivity index (χ1v) is 20.4. The van der Waals surface area contributed by atoms with E-state index >= 15 is 0 Å². The molecule has 3 aromatic carbocycles. The maximum atomic E-state index is 11.7. The molecule has 0 radical (unpaired) electrons. The monoisotopic (exact) mass is 692 g/mol. The van der Waals surface area contributed by atoms with Gasteiger partial charge in [-0.3, -0.25) is 0 Å². The van der Waals surface area contributed by atoms with E-state index in [0.29, 0.717) is 11.8 Å². The second kappa shape index (κ2) is 16.0. The average Bonchev–Trinajstić information content (AvgIpc) is 3.32. The summed E-state index contributed by atoms with van der Waals surface area (Å²) in [6.07, 6.45) is 8.12. The Morgan fingerprint density at radius 3 is 2.04 bits per heavy atom. The zero-order valence-corrected chi connectivity index (χ0v) is 34.4. The van der Waals surface area contributed by atoms with Gasteiger partial charge in [-0.25, -0.2) is 0 Å². The molecule has 51 heavy (non-hydrogen) atoms. The van der Waals surface area contributed by atoms with Crippen molar-refractivity contribution in [2.45, 2.75) is 151 Å². The lowest BCUT2D eigenvalue weighted by atomic mass is 9.78. The molecule has 0 aromatic heterocycles. The molecule has 0 amide bonds. The third-order valence-electron chi connectivity index (χ3n) is 12.8. The number of allylic oxidation sites excluding steroid dienone is 1. The van der Waals surface area contributed by atoms with Crippen LogP contribution in [0.4, 0.5) is 5.69 Å². The Balaban J connectivity index is 1.64. The number of rotatable bonds is 15. The minimum Gasteiger partial charge on any atom is -0.392 e. The first-order chi connectivity index (χ1) is 24.2. The van der Waals surface area contributed by atoms with Gasteiger partial charge < -0.3 is 14.7 Å². The van der Waals surface area contributed by atoms with E-state index in [9.17, 15) is 5.11 Å². The molecule has 0 spiro atoms. The Kier molecular flexibility index (Phi) is 12.3. The number of aryl methyl sites for hydroxylation is 2. The van der Waals surface area contributed by atoms with Gasteiger partial charge in [-0.1, -0.05) is 143 Å². The van der Waals surface area contributed by atoms with Crippen molar-refractivity contribution in [1.29, 1.82) is 0 Å². The molecule has 3 heteroatoms. The maximum Gasteiger partial charge on any atom is 0.0832 e. The largest absolute Gasteiger partial charge is 0.392 e. The zero-order valence-electron chi connectivity index (χ0n) is 34.4. The molecule has 2 aliphatic rings. The van der Waals surface area contributed by atoms with E-state index < -0.39 is 0 Å². The van der Waals surface area contributed by atoms with Crippen molar-refractivity contribution in [1.82, 2.24) is 0 Å². The normalized spacial score (nSPS) is 18.8. The third-order valence-corrected chi connectivity index (χ3v) is 12.8. The topological polar surface area (TPSA) is 32.7 Å². The van der Waals surface area contributed by atoms with E-state index in [1.165, 1.54) is 61.3 Å². The Morgan fingerprint density at radius 1 is 0.784 bits per heavy atom. The van der Waals surface area contributed by atoms with Crippen LogP contribution in [0.1, 0.15) is 159 Å². The van der Waals surface area contributed by atoms with Crippen molar-refractivity contribution in [3.05, 3.63) is 93.6 Å². The molecule has 4 unspecified atom stereocenters. The van der Waals surface area contributed by atoms with Crippen LogP contribution in [0.15, 0.2) is 54.6 Å². The first kappa shape index (κ1) is 39.3. The predicted molar refractivity (Wildman–Crippen MR) is 220 cm³/mol. The minimum atomic E-state index is -0.374. The lowest BCUT2D eigenvalue weighted by Crippen LogP contribution is -2.41. The summed E-state index contributed by atoms with van der Waals surface area (Å²) in [7, 11) is 2.30. The highest BCUT2D eigenvalue weighted by Crippen LogP contribution is 2.54. The summed E-state index contributed by atoms with van der Waals surface area (Å²) < 4.78 is 7.42. The highest BCUT2D eigenvalue weighted by atomic mass is 16.5. The number of benzene rings is 3. The number of aliphatic hydroxyl groups excluding tert-OH is 1. The molecule has 0 saturated heterocycles. The van der Waals surface area contributed by atoms with E-state index in [4.69, 9.17) is 4.74 Å². The number of nitrogens with zero attached hydrogens (tertiary/aromatic N) is 1. The fourth-order valence-electron chi connectivity index (χ4n) is 9.81. The highest BCUT2D eigenvalue weighted by molar-refractivity contribution is 5.90. The summed E-state index contributed by atoms with van der Waals surface area (Å²) in [5.41, 5.74) is 15.0. The van der Waals surface area contributed by atoms with Crippen molar-refractivity contribution >= 4 is 11.3 Å². The molecular weight excluding hydrogens is 623 g/mol. The number of aliphatic hydroxyl groups is 1. The van der Waals surface area contributed by atoms with Crippen LogP contribution in [0.2, 0.25) is 0 Å². The Hall–Kier alpha value is -2.88. The van der Waals surface area contributed by atoms with Gasteiger partial charge in [-0.05, 0) is 101 Å². The number of fused-ring (bicyclic) bond motifs is 4. The standard InChI is InChI=1S/C48H69NO2/c1-14-33(15-2)46(50)32(10)47(34(16-3)17-4)51-44(18-5)45-31(9)24-30(8)25-39(45)42-26-35(23-29(6)7)37-27-38-36-21-19-20-22-40(36)48(11,12)41(38)28-43(37)49(42)13/h19-22,24-29,32-34,42,44,46-47,50H,14-18,23H2,1-13H3/t32?,42?,44-,46?,47?/m0/s1. The van der Waals surface area contributed by atoms with Crippen molar-refractivity contribution in [3.8, 4) is 11.1 Å². The van der Waals surface area contributed by atoms with E-state index in [1.54, 1.807) is 0 Å². The van der Waals surface area contributed by atoms with Gasteiger partial charge in [0.1, 0.15) is 0 Å². The Bertz CT molecular complexity index is 1690. The summed E-state index contributed by atoms with van der Waals surface area (Å²) in [6, 6.07) is 18.9. The van der Waals surface area contributed by atoms with Gasteiger partial charge in [0.25, 0.3) is 0 Å². The van der Waals surface area contributed by atoms with Crippen LogP contribution in [0.5, 0.6) is 0 Å². The Morgan fingerprint density at radius 2 is 1.43 bits per heavy atom. The molecule has 1 N–H and O–H groups in total. The molecule has 0 fully saturated rings. The highest BCUT2D eigenvalue weighted by Gasteiger charge is 2.40. The van der Waals surface area contributed by atoms with Gasteiger partial charge in [-0.2, -0.15) is 0 Å². The number of ether oxygens (including phenoxy) is 1. The Labute approximate surface area is 311 Å². The molecule has 3 aromatic rings. The molecule has 278 valence electrons. The van der Waals surface area contributed by atoms with E-state index in [2.05, 4.69) is 150 Å². The summed E-state index contributed by atoms with van der Waals surface area (Å²) >= 11 is 0. The molecule has 1 heterocycles. The van der Waals surface area contributed by atoms with Crippen LogP contribution in [-0.2, 0) is 10.2 Å². The van der Waals surface area contributed by atoms with Crippen LogP contribution >= 0.6 is 0 Å². The van der Waals surface area contributed by atoms with Gasteiger partial charge >= 0.3 is 0 Å². The van der Waals surface area contributed by atoms with Crippen molar-refractivity contribution in [2.24, 2.45) is 23.7 Å². The smallest absolute Gasteiger partial charge is 0.0832 e. The summed E-state index contributed by atoms with van der Waals surface area (Å²) in [5, 5.41) is 11.7. The first-order valence-electron chi connectivity index (χ1n) is 20.4. The van der Waals surface area contributed by atoms with E-state index in [0.717, 1.165) is 38.5 Å². The summed E-state index contributed by atoms with van der Waals surface area (Å²) in [4.78, 5) is 2.54. The van der Waals surface area contributed by atoms with Gasteiger partial charge in [0.2, 0.25) is 0 Å². The summed E-state index contributed by atoms with van der Waals surface area (Å²) in [6.45, 7) is 27.5. The number of hydrogen-bond donors (Lipinski definition) is 1. The van der Waals surface area contributed by atoms with Gasteiger partial charge in [0.05, 0.1) is 24.4 Å². The summed E-state index contributed by atoms with van der Waals surface area (Å²) in [5.74, 6) is 1.28. The number of hydrogen-bond acceptors (Lipinski definition) is 3. The molecule has 3 nitrogen and oxygen atoms in total. The molecule has 5 atom stereocenters. The van der Waals surface area contributed by atoms with E-state index in [1.807, 2.05) is 0 Å². The average molecular weight is 692 g/mol. The van der Waals surface area contributed by atoms with Crippen molar-refractivity contribution in [3.63, 3.8) is 0 Å². The van der Waals surface area contributed by atoms with Crippen LogP contribution in [0.25, 0.3) is 16.7 Å². The SMILES string of the molecule is CCC(CC)C(O)C(C)C(O[C@@H](CC)c1c(C)cc(C)cc1C1C=C(CC(C)C)c2cc3c(cc2N1C)C(C)(C)c1ccccc1-3)C(CC)CC. The predicted octanol–water partition coefficient (Wildman–Crippen LogP) is 12.9. The molecule has 1 aliphatic carbocycles. The van der Waals surface area contributed by atoms with Crippen LogP contribution in [-0.4, -0.2) is 24.4 Å². The van der Waals surface area contributed by atoms with Crippen LogP contribution in [0, 0.1) is 37.5 Å². The van der Waals surface area contributed by atoms with Gasteiger partial charge in [0.15, 0.2) is 0 Å². The number of likely N-dealkylation sites (N-methyl/N-ethyl adjacent to an activating group) is 1. The minimum absolute atomic E-state index is 0.0163. The quantitative estimate of drug-likeness (QED) is 0.172. The molecule has 0 saturated carbocycles. The fourth-order valence-corrected chi connectivity index (χ4v) is 9.81. The zero-order chi connectivity index (χ0) is 37.4. The molecule has 5 rings (SSSR count). The number of anilines is 1. The maximum absolute atomic E-state index is 11.7. The fraction of sp³-hybridized carbons (Fsp3) is 0.583. The van der Waals surface area contributed by atoms with E-state index in [-0.39, 0.29) is 41.6 Å². The molecule has 1 aliphatic heterocycles. The van der Waals surface area contributed by atoms with Gasteiger partial charge in [0, 0.05) is 29.6 Å². The second-order valence-electron chi connectivity index (χ2n) is 17.0. The van der Waals surface area contributed by atoms with Crippen LogP contribution in [0.3, 0.4) is 0 Å². The lowest BCUT2D eigenvalue weighted by molar-refractivity contribution is -0.111. The van der Waals surface area contributed by atoms with Crippen LogP contribution < -0.4 is 4.90 Å². The van der Waals surface area contributed by atoms with Crippen molar-refractivity contribution in [2.75, 3.05) is 11.9 Å². The third kappa shape index (κ3) is 7.37. The lowest BCUT2D eigenvalue weighted by Gasteiger charge is -2.41. The second-order valence-corrected chi connectivity index (χ2v) is 17.0. The van der Waals surface area contributed by atoms with Gasteiger partial charge in [-0.15, -0.1) is 0 Å². The molecular formula is C48H69NO2.